The van der Waals surface area contributed by atoms with Crippen LogP contribution >= 0.6 is 0 Å². The minimum absolute atomic E-state index is 0.353. The molecule has 0 radical (unpaired) electrons. The number of benzene rings is 1. The molecule has 0 saturated carbocycles. The van der Waals surface area contributed by atoms with E-state index in [0.717, 1.165) is 16.6 Å². The Balaban J connectivity index is 2.69. The van der Waals surface area contributed by atoms with Crippen molar-refractivity contribution < 1.29 is 9.53 Å². The SMILES string of the molecule is CNc1cc2cc(C(=O)OC)n(C)c2cc1N. The van der Waals surface area contributed by atoms with Gasteiger partial charge >= 0.3 is 5.97 Å². The number of carbonyl (C=O) groups is 1. The Morgan fingerprint density at radius 2 is 2.12 bits per heavy atom. The van der Waals surface area contributed by atoms with Gasteiger partial charge < -0.3 is 20.4 Å². The quantitative estimate of drug-likeness (QED) is 0.610. The first-order chi connectivity index (χ1) is 8.08. The second-order valence-corrected chi connectivity index (χ2v) is 3.83. The first kappa shape index (κ1) is 11.3. The van der Waals surface area contributed by atoms with Crippen molar-refractivity contribution in [1.82, 2.24) is 4.57 Å². The van der Waals surface area contributed by atoms with Crippen LogP contribution in [0.25, 0.3) is 10.9 Å². The van der Waals surface area contributed by atoms with Crippen LogP contribution in [0, 0.1) is 0 Å². The van der Waals surface area contributed by atoms with E-state index < -0.39 is 0 Å². The van der Waals surface area contributed by atoms with Crippen molar-refractivity contribution in [2.24, 2.45) is 7.05 Å². The van der Waals surface area contributed by atoms with Crippen molar-refractivity contribution in [3.05, 3.63) is 23.9 Å². The zero-order valence-corrected chi connectivity index (χ0v) is 10.1. The third kappa shape index (κ3) is 1.69. The Bertz CT molecular complexity index is 587. The summed E-state index contributed by atoms with van der Waals surface area (Å²) in [7, 11) is 4.99. The molecule has 2 aromatic rings. The third-order valence-corrected chi connectivity index (χ3v) is 2.88. The summed E-state index contributed by atoms with van der Waals surface area (Å²) in [4.78, 5) is 11.6. The number of nitrogen functional groups attached to an aromatic ring is 1. The molecular weight excluding hydrogens is 218 g/mol. The second-order valence-electron chi connectivity index (χ2n) is 3.83. The van der Waals surface area contributed by atoms with Crippen molar-refractivity contribution in [1.29, 1.82) is 0 Å². The highest BCUT2D eigenvalue weighted by Gasteiger charge is 2.14. The van der Waals surface area contributed by atoms with E-state index >= 15 is 0 Å². The van der Waals surface area contributed by atoms with Crippen LogP contribution < -0.4 is 11.1 Å². The van der Waals surface area contributed by atoms with Crippen molar-refractivity contribution in [3.8, 4) is 0 Å². The normalized spacial score (nSPS) is 10.5. The standard InChI is InChI=1S/C12H15N3O2/c1-14-9-4-7-5-11(12(16)17-3)15(2)10(7)6-8(9)13/h4-6,14H,13H2,1-3H3. The number of ether oxygens (including phenoxy) is 1. The number of fused-ring (bicyclic) bond motifs is 1. The summed E-state index contributed by atoms with van der Waals surface area (Å²) < 4.78 is 6.50. The number of aryl methyl sites for hydroxylation is 1. The van der Waals surface area contributed by atoms with E-state index in [1.54, 1.807) is 10.6 Å². The number of methoxy groups -OCH3 is 1. The Morgan fingerprint density at radius 1 is 1.41 bits per heavy atom. The lowest BCUT2D eigenvalue weighted by molar-refractivity contribution is 0.0590. The highest BCUT2D eigenvalue weighted by atomic mass is 16.5. The summed E-state index contributed by atoms with van der Waals surface area (Å²) in [5.74, 6) is -0.353. The molecule has 0 spiro atoms. The zero-order valence-electron chi connectivity index (χ0n) is 10.1. The number of carbonyl (C=O) groups excluding carboxylic acids is 1. The molecule has 0 saturated heterocycles. The Morgan fingerprint density at radius 3 is 2.71 bits per heavy atom. The smallest absolute Gasteiger partial charge is 0.354 e. The molecule has 90 valence electrons. The van der Waals surface area contributed by atoms with Crippen LogP contribution in [0.2, 0.25) is 0 Å². The lowest BCUT2D eigenvalue weighted by Crippen LogP contribution is -2.07. The molecule has 2 rings (SSSR count). The maximum absolute atomic E-state index is 11.6. The van der Waals surface area contributed by atoms with Gasteiger partial charge in [0.15, 0.2) is 0 Å². The minimum atomic E-state index is -0.353. The zero-order chi connectivity index (χ0) is 12.6. The number of nitrogens with zero attached hydrogens (tertiary/aromatic N) is 1. The van der Waals surface area contributed by atoms with Crippen molar-refractivity contribution in [2.45, 2.75) is 0 Å². The van der Waals surface area contributed by atoms with E-state index in [-0.39, 0.29) is 5.97 Å². The third-order valence-electron chi connectivity index (χ3n) is 2.88. The largest absolute Gasteiger partial charge is 0.464 e. The van der Waals surface area contributed by atoms with E-state index in [2.05, 4.69) is 5.32 Å². The van der Waals surface area contributed by atoms with E-state index in [0.29, 0.717) is 11.4 Å². The molecule has 17 heavy (non-hydrogen) atoms. The van der Waals surface area contributed by atoms with Gasteiger partial charge in [-0.25, -0.2) is 4.79 Å². The molecule has 1 aromatic carbocycles. The number of esters is 1. The van der Waals surface area contributed by atoms with Gasteiger partial charge in [0.2, 0.25) is 0 Å². The number of nitrogens with one attached hydrogen (secondary N) is 1. The molecule has 0 atom stereocenters. The molecule has 0 amide bonds. The predicted molar refractivity (Wildman–Crippen MR) is 68.2 cm³/mol. The lowest BCUT2D eigenvalue weighted by Gasteiger charge is -2.06. The van der Waals surface area contributed by atoms with Gasteiger partial charge in [0.05, 0.1) is 24.0 Å². The molecule has 1 aromatic heterocycles. The summed E-state index contributed by atoms with van der Waals surface area (Å²) in [5, 5.41) is 3.96. The molecule has 5 nitrogen and oxygen atoms in total. The van der Waals surface area contributed by atoms with Gasteiger partial charge in [-0.15, -0.1) is 0 Å². The van der Waals surface area contributed by atoms with Crippen molar-refractivity contribution in [2.75, 3.05) is 25.2 Å². The average molecular weight is 233 g/mol. The summed E-state index contributed by atoms with van der Waals surface area (Å²) in [5.41, 5.74) is 8.80. The second kappa shape index (κ2) is 4.01. The number of hydrogen-bond donors (Lipinski definition) is 2. The van der Waals surface area contributed by atoms with E-state index in [9.17, 15) is 4.79 Å². The molecule has 1 heterocycles. The molecule has 0 aliphatic rings. The van der Waals surface area contributed by atoms with Gasteiger partial charge in [-0.1, -0.05) is 0 Å². The minimum Gasteiger partial charge on any atom is -0.464 e. The molecule has 0 aliphatic heterocycles. The molecule has 0 aliphatic carbocycles. The molecule has 3 N–H and O–H groups in total. The van der Waals surface area contributed by atoms with Gasteiger partial charge in [-0.3, -0.25) is 0 Å². The Hall–Kier alpha value is -2.17. The highest BCUT2D eigenvalue weighted by molar-refractivity contribution is 5.98. The summed E-state index contributed by atoms with van der Waals surface area (Å²) in [6.45, 7) is 0. The lowest BCUT2D eigenvalue weighted by atomic mass is 10.2. The number of nitrogens with two attached hydrogens (primary N) is 1. The van der Waals surface area contributed by atoms with Crippen LogP contribution in [0.4, 0.5) is 11.4 Å². The number of anilines is 2. The van der Waals surface area contributed by atoms with Crippen LogP contribution in [-0.4, -0.2) is 24.7 Å². The molecule has 0 bridgehead atoms. The maximum atomic E-state index is 11.6. The molecule has 0 unspecified atom stereocenters. The van der Waals surface area contributed by atoms with Crippen LogP contribution in [0.5, 0.6) is 0 Å². The van der Waals surface area contributed by atoms with Crippen molar-refractivity contribution in [3.63, 3.8) is 0 Å². The van der Waals surface area contributed by atoms with Gasteiger partial charge in [0, 0.05) is 19.5 Å². The Labute approximate surface area is 99.2 Å². The number of hydrogen-bond acceptors (Lipinski definition) is 4. The predicted octanol–water partition coefficient (Wildman–Crippen LogP) is 1.59. The number of rotatable bonds is 2. The number of aromatic nitrogens is 1. The van der Waals surface area contributed by atoms with Crippen molar-refractivity contribution >= 4 is 28.2 Å². The maximum Gasteiger partial charge on any atom is 0.354 e. The highest BCUT2D eigenvalue weighted by Crippen LogP contribution is 2.28. The van der Waals surface area contributed by atoms with Crippen LogP contribution in [0.3, 0.4) is 0 Å². The van der Waals surface area contributed by atoms with Gasteiger partial charge in [-0.05, 0) is 18.2 Å². The van der Waals surface area contributed by atoms with E-state index in [1.165, 1.54) is 7.11 Å². The van der Waals surface area contributed by atoms with Gasteiger partial charge in [0.1, 0.15) is 5.69 Å². The van der Waals surface area contributed by atoms with Crippen LogP contribution in [-0.2, 0) is 11.8 Å². The Kier molecular flexibility index (Phi) is 2.67. The molecule has 5 heteroatoms. The van der Waals surface area contributed by atoms with Gasteiger partial charge in [-0.2, -0.15) is 0 Å². The first-order valence-electron chi connectivity index (χ1n) is 5.23. The summed E-state index contributed by atoms with van der Waals surface area (Å²) in [6, 6.07) is 5.55. The fourth-order valence-corrected chi connectivity index (χ4v) is 1.92. The first-order valence-corrected chi connectivity index (χ1v) is 5.23. The fourth-order valence-electron chi connectivity index (χ4n) is 1.92. The van der Waals surface area contributed by atoms with E-state index in [1.807, 2.05) is 26.2 Å². The monoisotopic (exact) mass is 233 g/mol. The fraction of sp³-hybridized carbons (Fsp3) is 0.250. The molecular formula is C12H15N3O2. The van der Waals surface area contributed by atoms with Crippen LogP contribution in [0.1, 0.15) is 10.5 Å². The topological polar surface area (TPSA) is 69.3 Å². The van der Waals surface area contributed by atoms with Crippen LogP contribution in [0.15, 0.2) is 18.2 Å². The average Bonchev–Trinajstić information content (AvgIpc) is 2.65. The summed E-state index contributed by atoms with van der Waals surface area (Å²) >= 11 is 0. The molecule has 0 fully saturated rings. The van der Waals surface area contributed by atoms with E-state index in [4.69, 9.17) is 10.5 Å². The summed E-state index contributed by atoms with van der Waals surface area (Å²) in [6.07, 6.45) is 0. The van der Waals surface area contributed by atoms with Gasteiger partial charge in [0.25, 0.3) is 0 Å².